The van der Waals surface area contributed by atoms with E-state index >= 15 is 0 Å². The molecule has 2 atom stereocenters. The lowest BCUT2D eigenvalue weighted by atomic mass is 9.98. The number of carboxylic acids is 1. The highest BCUT2D eigenvalue weighted by Crippen LogP contribution is 2.44. The first-order valence-electron chi connectivity index (χ1n) is 10.6. The Kier molecular flexibility index (Phi) is 6.52. The number of carbonyl (C=O) groups excluding carboxylic acids is 1. The van der Waals surface area contributed by atoms with Crippen molar-refractivity contribution in [1.29, 1.82) is 0 Å². The summed E-state index contributed by atoms with van der Waals surface area (Å²) in [6, 6.07) is 24.6. The molecule has 0 heterocycles. The first-order valence-corrected chi connectivity index (χ1v) is 10.6. The molecule has 0 aliphatic heterocycles. The molecule has 0 saturated heterocycles. The van der Waals surface area contributed by atoms with Gasteiger partial charge in [0.25, 0.3) is 0 Å². The number of nitrogens with one attached hydrogen (secondary N) is 1. The van der Waals surface area contributed by atoms with Crippen LogP contribution in [0.4, 0.5) is 4.79 Å². The molecule has 0 radical (unpaired) electrons. The Hall–Kier alpha value is -3.64. The third-order valence-corrected chi connectivity index (χ3v) is 5.79. The molecule has 0 saturated carbocycles. The number of amides is 1. The standard InChI is InChI=1S/C26H25NO5/c28-24(15-25(29)30)23(14-17-8-2-1-3-9-17)27-26(31)32-16-22-20-12-6-4-10-18(20)19-11-5-7-13-21(19)22/h1-13,22-24,28H,14-16H2,(H,27,31)(H,29,30)/t23-,24-/m0/s1. The molecule has 164 valence electrons. The number of aliphatic carboxylic acids is 1. The third kappa shape index (κ3) is 4.81. The van der Waals surface area contributed by atoms with Crippen LogP contribution in [0.5, 0.6) is 0 Å². The first kappa shape index (κ1) is 21.6. The van der Waals surface area contributed by atoms with Crippen LogP contribution in [0.15, 0.2) is 78.9 Å². The predicted octanol–water partition coefficient (Wildman–Crippen LogP) is 3.97. The zero-order chi connectivity index (χ0) is 22.5. The number of hydrogen-bond acceptors (Lipinski definition) is 4. The van der Waals surface area contributed by atoms with Crippen molar-refractivity contribution in [3.8, 4) is 11.1 Å². The summed E-state index contributed by atoms with van der Waals surface area (Å²) >= 11 is 0. The molecule has 3 aromatic carbocycles. The van der Waals surface area contributed by atoms with Crippen molar-refractivity contribution >= 4 is 12.1 Å². The molecule has 0 spiro atoms. The number of alkyl carbamates (subject to hydrolysis) is 1. The molecule has 1 aliphatic rings. The van der Waals surface area contributed by atoms with Crippen LogP contribution in [0.1, 0.15) is 29.0 Å². The maximum atomic E-state index is 12.6. The van der Waals surface area contributed by atoms with Gasteiger partial charge in [-0.1, -0.05) is 78.9 Å². The lowest BCUT2D eigenvalue weighted by Gasteiger charge is -2.24. The summed E-state index contributed by atoms with van der Waals surface area (Å²) in [7, 11) is 0. The summed E-state index contributed by atoms with van der Waals surface area (Å²) < 4.78 is 5.55. The third-order valence-electron chi connectivity index (χ3n) is 5.79. The summed E-state index contributed by atoms with van der Waals surface area (Å²) in [5.41, 5.74) is 5.36. The van der Waals surface area contributed by atoms with Gasteiger partial charge in [-0.25, -0.2) is 4.79 Å². The fraction of sp³-hybridized carbons (Fsp3) is 0.231. The number of benzene rings is 3. The van der Waals surface area contributed by atoms with Crippen molar-refractivity contribution in [2.75, 3.05) is 6.61 Å². The molecule has 1 aliphatic carbocycles. The van der Waals surface area contributed by atoms with E-state index < -0.39 is 30.6 Å². The number of ether oxygens (including phenoxy) is 1. The molecule has 3 aromatic rings. The highest BCUT2D eigenvalue weighted by molar-refractivity contribution is 5.79. The van der Waals surface area contributed by atoms with Gasteiger partial charge in [0.05, 0.1) is 18.6 Å². The van der Waals surface area contributed by atoms with E-state index in [4.69, 9.17) is 9.84 Å². The smallest absolute Gasteiger partial charge is 0.407 e. The number of rotatable bonds is 8. The first-order chi connectivity index (χ1) is 15.5. The molecule has 6 heteroatoms. The highest BCUT2D eigenvalue weighted by atomic mass is 16.5. The monoisotopic (exact) mass is 431 g/mol. The molecule has 0 bridgehead atoms. The van der Waals surface area contributed by atoms with Gasteiger partial charge in [-0.2, -0.15) is 0 Å². The minimum atomic E-state index is -1.24. The van der Waals surface area contributed by atoms with Crippen LogP contribution < -0.4 is 5.32 Å². The Morgan fingerprint density at radius 3 is 2.03 bits per heavy atom. The predicted molar refractivity (Wildman–Crippen MR) is 120 cm³/mol. The van der Waals surface area contributed by atoms with E-state index in [1.54, 1.807) is 0 Å². The summed E-state index contributed by atoms with van der Waals surface area (Å²) in [5, 5.41) is 22.1. The summed E-state index contributed by atoms with van der Waals surface area (Å²) in [6.07, 6.45) is -2.11. The van der Waals surface area contributed by atoms with Gasteiger partial charge in [0.2, 0.25) is 0 Å². The lowest BCUT2D eigenvalue weighted by molar-refractivity contribution is -0.139. The Balaban J connectivity index is 1.45. The maximum absolute atomic E-state index is 12.6. The van der Waals surface area contributed by atoms with Gasteiger partial charge < -0.3 is 20.3 Å². The molecule has 1 amide bonds. The second-order valence-corrected chi connectivity index (χ2v) is 7.93. The normalized spacial score (nSPS) is 14.2. The van der Waals surface area contributed by atoms with Crippen LogP contribution in [0.25, 0.3) is 11.1 Å². The highest BCUT2D eigenvalue weighted by Gasteiger charge is 2.30. The van der Waals surface area contributed by atoms with Gasteiger partial charge in [-0.3, -0.25) is 4.79 Å². The SMILES string of the molecule is O=C(O)C[C@H](O)[C@H](Cc1ccccc1)NC(=O)OCC1c2ccccc2-c2ccccc21. The van der Waals surface area contributed by atoms with Gasteiger partial charge >= 0.3 is 12.1 Å². The average molecular weight is 431 g/mol. The number of aliphatic hydroxyl groups excluding tert-OH is 1. The van der Waals surface area contributed by atoms with Crippen molar-refractivity contribution in [2.24, 2.45) is 0 Å². The summed E-state index contributed by atoms with van der Waals surface area (Å²) in [4.78, 5) is 23.7. The topological polar surface area (TPSA) is 95.9 Å². The van der Waals surface area contributed by atoms with Crippen molar-refractivity contribution in [3.05, 3.63) is 95.6 Å². The number of hydrogen-bond donors (Lipinski definition) is 3. The van der Waals surface area contributed by atoms with E-state index in [0.717, 1.165) is 27.8 Å². The van der Waals surface area contributed by atoms with Gasteiger partial charge in [0.1, 0.15) is 6.61 Å². The number of aliphatic hydroxyl groups is 1. The molecule has 0 fully saturated rings. The Morgan fingerprint density at radius 2 is 1.44 bits per heavy atom. The van der Waals surface area contributed by atoms with Crippen molar-refractivity contribution < 1.29 is 24.5 Å². The molecule has 4 rings (SSSR count). The Labute approximate surface area is 186 Å². The fourth-order valence-corrected chi connectivity index (χ4v) is 4.26. The Bertz CT molecular complexity index is 1050. The number of carboxylic acid groups (broad SMARTS) is 1. The molecule has 3 N–H and O–H groups in total. The largest absolute Gasteiger partial charge is 0.481 e. The van der Waals surface area contributed by atoms with Crippen molar-refractivity contribution in [3.63, 3.8) is 0 Å². The molecule has 6 nitrogen and oxygen atoms in total. The second kappa shape index (κ2) is 9.66. The van der Waals surface area contributed by atoms with Gasteiger partial charge in [-0.05, 0) is 34.2 Å². The van der Waals surface area contributed by atoms with Crippen LogP contribution in [-0.2, 0) is 16.0 Å². The summed E-state index contributed by atoms with van der Waals surface area (Å²) in [6.45, 7) is 0.146. The molecule has 32 heavy (non-hydrogen) atoms. The van der Waals surface area contributed by atoms with E-state index in [0.29, 0.717) is 6.42 Å². The summed E-state index contributed by atoms with van der Waals surface area (Å²) in [5.74, 6) is -1.21. The molecule has 0 unspecified atom stereocenters. The van der Waals surface area contributed by atoms with E-state index in [1.165, 1.54) is 0 Å². The zero-order valence-electron chi connectivity index (χ0n) is 17.5. The quantitative estimate of drug-likeness (QED) is 0.502. The van der Waals surface area contributed by atoms with Crippen molar-refractivity contribution in [2.45, 2.75) is 30.9 Å². The maximum Gasteiger partial charge on any atom is 0.407 e. The second-order valence-electron chi connectivity index (χ2n) is 7.93. The van der Waals surface area contributed by atoms with Gasteiger partial charge in [-0.15, -0.1) is 0 Å². The minimum Gasteiger partial charge on any atom is -0.481 e. The van der Waals surface area contributed by atoms with Crippen LogP contribution in [-0.4, -0.2) is 41.0 Å². The molecular weight excluding hydrogens is 406 g/mol. The fourth-order valence-electron chi connectivity index (χ4n) is 4.26. The molecule has 0 aromatic heterocycles. The van der Waals surface area contributed by atoms with E-state index in [2.05, 4.69) is 17.4 Å². The minimum absolute atomic E-state index is 0.0790. The van der Waals surface area contributed by atoms with Crippen LogP contribution >= 0.6 is 0 Å². The van der Waals surface area contributed by atoms with Crippen LogP contribution in [0.3, 0.4) is 0 Å². The van der Waals surface area contributed by atoms with E-state index in [1.807, 2.05) is 66.7 Å². The lowest BCUT2D eigenvalue weighted by Crippen LogP contribution is -2.46. The van der Waals surface area contributed by atoms with Gasteiger partial charge in [0.15, 0.2) is 0 Å². The Morgan fingerprint density at radius 1 is 0.875 bits per heavy atom. The van der Waals surface area contributed by atoms with Gasteiger partial charge in [0, 0.05) is 5.92 Å². The van der Waals surface area contributed by atoms with E-state index in [-0.39, 0.29) is 12.5 Å². The van der Waals surface area contributed by atoms with Crippen molar-refractivity contribution in [1.82, 2.24) is 5.32 Å². The van der Waals surface area contributed by atoms with Crippen LogP contribution in [0, 0.1) is 0 Å². The zero-order valence-corrected chi connectivity index (χ0v) is 17.5. The number of carbonyl (C=O) groups is 2. The van der Waals surface area contributed by atoms with E-state index in [9.17, 15) is 14.7 Å². The number of fused-ring (bicyclic) bond motifs is 3. The van der Waals surface area contributed by atoms with Crippen LogP contribution in [0.2, 0.25) is 0 Å². The average Bonchev–Trinajstić information content (AvgIpc) is 3.11. The molecular formula is C26H25NO5.